The van der Waals surface area contributed by atoms with Gasteiger partial charge in [-0.15, -0.1) is 0 Å². The van der Waals surface area contributed by atoms with Gasteiger partial charge in [0.1, 0.15) is 12.5 Å². The maximum atomic E-state index is 5.33. The number of hydrogen-bond acceptors (Lipinski definition) is 2. The Morgan fingerprint density at radius 1 is 1.28 bits per heavy atom. The van der Waals surface area contributed by atoms with E-state index in [0.29, 0.717) is 0 Å². The Balaban J connectivity index is 1.79. The maximum Gasteiger partial charge on any atom is 0.240 e. The predicted octanol–water partition coefficient (Wildman–Crippen LogP) is 4.63. The fourth-order valence-corrected chi connectivity index (χ4v) is 3.26. The third-order valence-corrected chi connectivity index (χ3v) is 3.80. The van der Waals surface area contributed by atoms with Crippen molar-refractivity contribution in [2.75, 3.05) is 0 Å². The Morgan fingerprint density at radius 2 is 2.00 bits per heavy atom. The molecule has 0 aromatic carbocycles. The number of allylic oxidation sites excluding steroid dienone is 2. The minimum absolute atomic E-state index is 0.0494. The van der Waals surface area contributed by atoms with Crippen LogP contribution in [0.4, 0.5) is 0 Å². The van der Waals surface area contributed by atoms with Gasteiger partial charge in [0.15, 0.2) is 0 Å². The SMILES string of the molecule is CC(C)CC1CC(CCC2OC=CO2)=CC(C)C1. The Labute approximate surface area is 111 Å². The van der Waals surface area contributed by atoms with Crippen molar-refractivity contribution in [3.63, 3.8) is 0 Å². The molecular formula is C16H26O2. The average molecular weight is 250 g/mol. The summed E-state index contributed by atoms with van der Waals surface area (Å²) in [6.45, 7) is 7.00. The lowest BCUT2D eigenvalue weighted by atomic mass is 9.78. The fraction of sp³-hybridized carbons (Fsp3) is 0.750. The van der Waals surface area contributed by atoms with Crippen molar-refractivity contribution >= 4 is 0 Å². The molecule has 0 aromatic heterocycles. The molecule has 2 nitrogen and oxygen atoms in total. The first-order chi connectivity index (χ1) is 8.63. The molecule has 0 spiro atoms. The minimum atomic E-state index is -0.0494. The van der Waals surface area contributed by atoms with Crippen molar-refractivity contribution in [1.82, 2.24) is 0 Å². The molecule has 1 heterocycles. The number of ether oxygens (including phenoxy) is 2. The van der Waals surface area contributed by atoms with Crippen LogP contribution in [-0.4, -0.2) is 6.29 Å². The summed E-state index contributed by atoms with van der Waals surface area (Å²) in [6, 6.07) is 0. The predicted molar refractivity (Wildman–Crippen MR) is 73.8 cm³/mol. The van der Waals surface area contributed by atoms with E-state index in [1.807, 2.05) is 0 Å². The largest absolute Gasteiger partial charge is 0.459 e. The molecule has 2 aliphatic rings. The van der Waals surface area contributed by atoms with Crippen LogP contribution in [0.15, 0.2) is 24.2 Å². The topological polar surface area (TPSA) is 18.5 Å². The van der Waals surface area contributed by atoms with Crippen LogP contribution >= 0.6 is 0 Å². The normalized spacial score (nSPS) is 28.1. The van der Waals surface area contributed by atoms with Gasteiger partial charge in [-0.25, -0.2) is 0 Å². The van der Waals surface area contributed by atoms with E-state index in [2.05, 4.69) is 26.8 Å². The van der Waals surface area contributed by atoms with E-state index in [9.17, 15) is 0 Å². The molecule has 0 fully saturated rings. The summed E-state index contributed by atoms with van der Waals surface area (Å²) in [5.74, 6) is 2.43. The van der Waals surface area contributed by atoms with Crippen LogP contribution in [0.1, 0.15) is 52.9 Å². The van der Waals surface area contributed by atoms with Crippen LogP contribution in [0, 0.1) is 17.8 Å². The van der Waals surface area contributed by atoms with Gasteiger partial charge in [0.05, 0.1) is 0 Å². The molecule has 0 saturated heterocycles. The van der Waals surface area contributed by atoms with Crippen molar-refractivity contribution in [3.8, 4) is 0 Å². The van der Waals surface area contributed by atoms with Gasteiger partial charge in [0.2, 0.25) is 6.29 Å². The van der Waals surface area contributed by atoms with Crippen LogP contribution in [-0.2, 0) is 9.47 Å². The van der Waals surface area contributed by atoms with Crippen LogP contribution in [0.3, 0.4) is 0 Å². The molecule has 0 aromatic rings. The zero-order valence-electron chi connectivity index (χ0n) is 11.9. The van der Waals surface area contributed by atoms with Gasteiger partial charge in [0, 0.05) is 6.42 Å². The second kappa shape index (κ2) is 6.31. The summed E-state index contributed by atoms with van der Waals surface area (Å²) in [6.07, 6.45) is 11.8. The van der Waals surface area contributed by atoms with E-state index in [-0.39, 0.29) is 6.29 Å². The Morgan fingerprint density at radius 3 is 2.67 bits per heavy atom. The quantitative estimate of drug-likeness (QED) is 0.662. The van der Waals surface area contributed by atoms with Gasteiger partial charge in [-0.1, -0.05) is 32.4 Å². The lowest BCUT2D eigenvalue weighted by Gasteiger charge is -2.28. The summed E-state index contributed by atoms with van der Waals surface area (Å²) in [4.78, 5) is 0. The highest BCUT2D eigenvalue weighted by Crippen LogP contribution is 2.34. The van der Waals surface area contributed by atoms with Crippen LogP contribution < -0.4 is 0 Å². The summed E-state index contributed by atoms with van der Waals surface area (Å²) in [5.41, 5.74) is 1.61. The molecule has 1 aliphatic carbocycles. The standard InChI is InChI=1S/C16H26O2/c1-12(2)8-15-10-13(3)9-14(11-15)4-5-16-17-6-7-18-16/h6-7,9,12-13,15-16H,4-5,8,10-11H2,1-3H3. The van der Waals surface area contributed by atoms with Gasteiger partial charge in [0.25, 0.3) is 0 Å². The van der Waals surface area contributed by atoms with E-state index < -0.39 is 0 Å². The van der Waals surface area contributed by atoms with E-state index in [4.69, 9.17) is 9.47 Å². The highest BCUT2D eigenvalue weighted by molar-refractivity contribution is 5.09. The molecule has 2 unspecified atom stereocenters. The molecular weight excluding hydrogens is 224 g/mol. The first kappa shape index (κ1) is 13.5. The lowest BCUT2D eigenvalue weighted by molar-refractivity contribution is -0.0278. The van der Waals surface area contributed by atoms with Crippen molar-refractivity contribution in [3.05, 3.63) is 24.2 Å². The summed E-state index contributed by atoms with van der Waals surface area (Å²) in [7, 11) is 0. The zero-order chi connectivity index (χ0) is 13.0. The Hall–Kier alpha value is -0.920. The zero-order valence-corrected chi connectivity index (χ0v) is 11.9. The van der Waals surface area contributed by atoms with Crippen molar-refractivity contribution in [2.24, 2.45) is 17.8 Å². The number of rotatable bonds is 5. The van der Waals surface area contributed by atoms with E-state index in [1.54, 1.807) is 18.1 Å². The van der Waals surface area contributed by atoms with Crippen LogP contribution in [0.2, 0.25) is 0 Å². The van der Waals surface area contributed by atoms with E-state index in [0.717, 1.165) is 30.6 Å². The molecule has 0 radical (unpaired) electrons. The summed E-state index contributed by atoms with van der Waals surface area (Å²) < 4.78 is 10.7. The molecule has 2 atom stereocenters. The van der Waals surface area contributed by atoms with Crippen molar-refractivity contribution in [1.29, 1.82) is 0 Å². The molecule has 0 saturated carbocycles. The monoisotopic (exact) mass is 250 g/mol. The van der Waals surface area contributed by atoms with Gasteiger partial charge in [-0.3, -0.25) is 0 Å². The molecule has 2 rings (SSSR count). The summed E-state index contributed by atoms with van der Waals surface area (Å²) >= 11 is 0. The third-order valence-electron chi connectivity index (χ3n) is 3.80. The van der Waals surface area contributed by atoms with Crippen LogP contribution in [0.5, 0.6) is 0 Å². The molecule has 0 bridgehead atoms. The highest BCUT2D eigenvalue weighted by Gasteiger charge is 2.22. The van der Waals surface area contributed by atoms with Crippen molar-refractivity contribution in [2.45, 2.75) is 59.2 Å². The smallest absolute Gasteiger partial charge is 0.240 e. The molecule has 0 amide bonds. The first-order valence-corrected chi connectivity index (χ1v) is 7.29. The first-order valence-electron chi connectivity index (χ1n) is 7.29. The minimum Gasteiger partial charge on any atom is -0.459 e. The van der Waals surface area contributed by atoms with Gasteiger partial charge in [-0.05, 0) is 43.4 Å². The maximum absolute atomic E-state index is 5.33. The highest BCUT2D eigenvalue weighted by atomic mass is 16.7. The van der Waals surface area contributed by atoms with E-state index in [1.165, 1.54) is 19.3 Å². The van der Waals surface area contributed by atoms with Crippen LogP contribution in [0.25, 0.3) is 0 Å². The van der Waals surface area contributed by atoms with E-state index >= 15 is 0 Å². The molecule has 0 N–H and O–H groups in total. The second-order valence-electron chi connectivity index (χ2n) is 6.25. The Kier molecular flexibility index (Phi) is 4.73. The average Bonchev–Trinajstić information content (AvgIpc) is 2.77. The van der Waals surface area contributed by atoms with Gasteiger partial charge in [-0.2, -0.15) is 0 Å². The molecule has 18 heavy (non-hydrogen) atoms. The summed E-state index contributed by atoms with van der Waals surface area (Å²) in [5, 5.41) is 0. The van der Waals surface area contributed by atoms with Gasteiger partial charge < -0.3 is 9.47 Å². The third kappa shape index (κ3) is 4.08. The molecule has 1 aliphatic heterocycles. The van der Waals surface area contributed by atoms with Gasteiger partial charge >= 0.3 is 0 Å². The lowest BCUT2D eigenvalue weighted by Crippen LogP contribution is -2.16. The Bertz CT molecular complexity index is 309. The number of hydrogen-bond donors (Lipinski definition) is 0. The van der Waals surface area contributed by atoms with Crippen molar-refractivity contribution < 1.29 is 9.47 Å². The molecule has 102 valence electrons. The molecule has 2 heteroatoms. The second-order valence-corrected chi connectivity index (χ2v) is 6.25. The fourth-order valence-electron chi connectivity index (χ4n) is 3.26.